The molecule has 1 saturated heterocycles. The summed E-state index contributed by atoms with van der Waals surface area (Å²) in [5, 5.41) is 3.43. The second-order valence-electron chi connectivity index (χ2n) is 6.01. The Labute approximate surface area is 141 Å². The minimum Gasteiger partial charge on any atom is -0.385 e. The highest BCUT2D eigenvalue weighted by Gasteiger charge is 2.24. The van der Waals surface area contributed by atoms with E-state index in [1.165, 1.54) is 12.8 Å². The van der Waals surface area contributed by atoms with Gasteiger partial charge in [-0.15, -0.1) is 12.4 Å². The van der Waals surface area contributed by atoms with Gasteiger partial charge in [-0.3, -0.25) is 4.79 Å². The zero-order chi connectivity index (χ0) is 15.5. The van der Waals surface area contributed by atoms with Crippen molar-refractivity contribution in [3.8, 4) is 0 Å². The van der Waals surface area contributed by atoms with Gasteiger partial charge in [0.15, 0.2) is 0 Å². The molecular weight excluding hydrogens is 304 g/mol. The van der Waals surface area contributed by atoms with Gasteiger partial charge in [-0.2, -0.15) is 0 Å². The molecule has 1 N–H and O–H groups in total. The molecule has 1 aliphatic rings. The molecule has 0 aromatic carbocycles. The van der Waals surface area contributed by atoms with Gasteiger partial charge < -0.3 is 19.7 Å². The van der Waals surface area contributed by atoms with E-state index in [1.807, 2.05) is 4.90 Å². The molecule has 5 nitrogen and oxygen atoms in total. The first-order chi connectivity index (χ1) is 10.2. The van der Waals surface area contributed by atoms with Gasteiger partial charge >= 0.3 is 0 Å². The van der Waals surface area contributed by atoms with E-state index >= 15 is 0 Å². The summed E-state index contributed by atoms with van der Waals surface area (Å²) in [7, 11) is 3.37. The third-order valence-electron chi connectivity index (χ3n) is 4.33. The summed E-state index contributed by atoms with van der Waals surface area (Å²) in [6.45, 7) is 7.10. The van der Waals surface area contributed by atoms with Gasteiger partial charge in [0.05, 0.1) is 6.61 Å². The Hall–Kier alpha value is -0.360. The Balaban J connectivity index is 0.00000441. The monoisotopic (exact) mass is 336 g/mol. The number of ether oxygens (including phenoxy) is 2. The third kappa shape index (κ3) is 8.32. The first kappa shape index (κ1) is 21.6. The number of carbonyl (C=O) groups is 1. The Morgan fingerprint density at radius 2 is 2.00 bits per heavy atom. The second kappa shape index (κ2) is 13.1. The van der Waals surface area contributed by atoms with Crippen molar-refractivity contribution in [1.82, 2.24) is 10.2 Å². The molecule has 2 atom stereocenters. The van der Waals surface area contributed by atoms with E-state index in [-0.39, 0.29) is 18.3 Å². The molecule has 0 aromatic heterocycles. The number of hydrogen-bond donors (Lipinski definition) is 1. The van der Waals surface area contributed by atoms with Crippen molar-refractivity contribution in [3.05, 3.63) is 0 Å². The van der Waals surface area contributed by atoms with Gasteiger partial charge in [-0.05, 0) is 44.2 Å². The van der Waals surface area contributed by atoms with Crippen LogP contribution >= 0.6 is 12.4 Å². The molecular formula is C16H33ClN2O3. The molecule has 0 spiro atoms. The summed E-state index contributed by atoms with van der Waals surface area (Å²) < 4.78 is 10.2. The summed E-state index contributed by atoms with van der Waals surface area (Å²) in [6, 6.07) is 0. The number of hydrogen-bond acceptors (Lipinski definition) is 4. The highest BCUT2D eigenvalue weighted by Crippen LogP contribution is 2.23. The average Bonchev–Trinajstić information content (AvgIpc) is 2.51. The van der Waals surface area contributed by atoms with E-state index in [2.05, 4.69) is 12.2 Å². The number of rotatable bonds is 10. The summed E-state index contributed by atoms with van der Waals surface area (Å²) in [4.78, 5) is 14.4. The molecule has 1 aliphatic heterocycles. The van der Waals surface area contributed by atoms with E-state index in [1.54, 1.807) is 14.2 Å². The summed E-state index contributed by atoms with van der Waals surface area (Å²) in [5.41, 5.74) is 0. The van der Waals surface area contributed by atoms with Gasteiger partial charge in [-0.1, -0.05) is 6.92 Å². The molecule has 2 unspecified atom stereocenters. The molecule has 0 bridgehead atoms. The van der Waals surface area contributed by atoms with E-state index in [0.717, 1.165) is 26.1 Å². The standard InChI is InChI=1S/C16H32N2O3.ClH/c1-14(15-6-4-7-17-13-15)12-16(19)18(9-11-21-3)8-5-10-20-2;/h14-15,17H,4-13H2,1-3H3;1H. The lowest BCUT2D eigenvalue weighted by atomic mass is 9.85. The maximum atomic E-state index is 12.5. The molecule has 0 radical (unpaired) electrons. The summed E-state index contributed by atoms with van der Waals surface area (Å²) in [5.74, 6) is 1.32. The molecule has 1 amide bonds. The minimum atomic E-state index is 0. The largest absolute Gasteiger partial charge is 0.385 e. The van der Waals surface area contributed by atoms with Crippen LogP contribution in [-0.2, 0) is 14.3 Å². The van der Waals surface area contributed by atoms with E-state index in [4.69, 9.17) is 9.47 Å². The van der Waals surface area contributed by atoms with Crippen LogP contribution < -0.4 is 5.32 Å². The van der Waals surface area contributed by atoms with Gasteiger partial charge in [0.2, 0.25) is 5.91 Å². The predicted octanol–water partition coefficient (Wildman–Crippen LogP) is 1.95. The fraction of sp³-hybridized carbons (Fsp3) is 0.938. The number of nitrogens with zero attached hydrogens (tertiary/aromatic N) is 1. The number of amides is 1. The van der Waals surface area contributed by atoms with Crippen LogP contribution in [0, 0.1) is 11.8 Å². The predicted molar refractivity (Wildman–Crippen MR) is 91.6 cm³/mol. The average molecular weight is 337 g/mol. The normalized spacial score (nSPS) is 19.3. The van der Waals surface area contributed by atoms with Crippen LogP contribution in [0.5, 0.6) is 0 Å². The van der Waals surface area contributed by atoms with Crippen molar-refractivity contribution in [2.24, 2.45) is 11.8 Å². The van der Waals surface area contributed by atoms with Crippen LogP contribution in [0.1, 0.15) is 32.6 Å². The Bertz CT molecular complexity index is 287. The van der Waals surface area contributed by atoms with E-state index in [0.29, 0.717) is 38.0 Å². The van der Waals surface area contributed by atoms with Crippen molar-refractivity contribution >= 4 is 18.3 Å². The summed E-state index contributed by atoms with van der Waals surface area (Å²) in [6.07, 6.45) is 3.99. The molecule has 1 rings (SSSR count). The first-order valence-electron chi connectivity index (χ1n) is 8.15. The van der Waals surface area contributed by atoms with Crippen molar-refractivity contribution in [1.29, 1.82) is 0 Å². The quantitative estimate of drug-likeness (QED) is 0.619. The number of methoxy groups -OCH3 is 2. The van der Waals surface area contributed by atoms with Crippen LogP contribution in [0.2, 0.25) is 0 Å². The van der Waals surface area contributed by atoms with Gasteiger partial charge in [0.1, 0.15) is 0 Å². The van der Waals surface area contributed by atoms with Gasteiger partial charge in [-0.25, -0.2) is 0 Å². The van der Waals surface area contributed by atoms with Crippen molar-refractivity contribution in [2.75, 3.05) is 53.6 Å². The van der Waals surface area contributed by atoms with Gasteiger partial charge in [0, 0.05) is 40.3 Å². The summed E-state index contributed by atoms with van der Waals surface area (Å²) >= 11 is 0. The minimum absolute atomic E-state index is 0. The maximum absolute atomic E-state index is 12.5. The number of piperidine rings is 1. The fourth-order valence-corrected chi connectivity index (χ4v) is 2.90. The second-order valence-corrected chi connectivity index (χ2v) is 6.01. The van der Waals surface area contributed by atoms with E-state index < -0.39 is 0 Å². The molecule has 0 saturated carbocycles. The van der Waals surface area contributed by atoms with Crippen LogP contribution in [0.25, 0.3) is 0 Å². The third-order valence-corrected chi connectivity index (χ3v) is 4.33. The zero-order valence-corrected chi connectivity index (χ0v) is 15.1. The van der Waals surface area contributed by atoms with Crippen LogP contribution in [0.4, 0.5) is 0 Å². The number of halogens is 1. The molecule has 1 fully saturated rings. The van der Waals surface area contributed by atoms with E-state index in [9.17, 15) is 4.79 Å². The zero-order valence-electron chi connectivity index (χ0n) is 14.3. The molecule has 132 valence electrons. The van der Waals surface area contributed by atoms with Crippen LogP contribution in [0.3, 0.4) is 0 Å². The number of nitrogens with one attached hydrogen (secondary N) is 1. The maximum Gasteiger partial charge on any atom is 0.222 e. The van der Waals surface area contributed by atoms with Crippen LogP contribution in [0.15, 0.2) is 0 Å². The molecule has 1 heterocycles. The molecule has 0 aliphatic carbocycles. The Morgan fingerprint density at radius 3 is 2.59 bits per heavy atom. The Kier molecular flexibility index (Phi) is 12.9. The Morgan fingerprint density at radius 1 is 1.27 bits per heavy atom. The van der Waals surface area contributed by atoms with Crippen molar-refractivity contribution < 1.29 is 14.3 Å². The fourth-order valence-electron chi connectivity index (χ4n) is 2.90. The SMILES string of the molecule is COCCCN(CCOC)C(=O)CC(C)C1CCCNC1.Cl. The lowest BCUT2D eigenvalue weighted by Gasteiger charge is -2.30. The van der Waals surface area contributed by atoms with Gasteiger partial charge in [0.25, 0.3) is 0 Å². The van der Waals surface area contributed by atoms with Crippen molar-refractivity contribution in [2.45, 2.75) is 32.6 Å². The first-order valence-corrected chi connectivity index (χ1v) is 8.15. The highest BCUT2D eigenvalue weighted by molar-refractivity contribution is 5.85. The lowest BCUT2D eigenvalue weighted by molar-refractivity contribution is -0.133. The topological polar surface area (TPSA) is 50.8 Å². The van der Waals surface area contributed by atoms with Crippen molar-refractivity contribution in [3.63, 3.8) is 0 Å². The molecule has 0 aromatic rings. The lowest BCUT2D eigenvalue weighted by Crippen LogP contribution is -2.39. The van der Waals surface area contributed by atoms with Crippen LogP contribution in [-0.4, -0.2) is 64.4 Å². The highest BCUT2D eigenvalue weighted by atomic mass is 35.5. The molecule has 22 heavy (non-hydrogen) atoms. The smallest absolute Gasteiger partial charge is 0.222 e. The molecule has 6 heteroatoms. The number of carbonyl (C=O) groups excluding carboxylic acids is 1.